The molecular weight excluding hydrogens is 400 g/mol. The van der Waals surface area contributed by atoms with E-state index < -0.39 is 5.97 Å². The van der Waals surface area contributed by atoms with E-state index >= 15 is 0 Å². The van der Waals surface area contributed by atoms with E-state index in [-0.39, 0.29) is 18.0 Å². The van der Waals surface area contributed by atoms with E-state index in [1.165, 1.54) is 0 Å². The maximum absolute atomic E-state index is 12.8. The van der Waals surface area contributed by atoms with Gasteiger partial charge in [0.25, 0.3) is 0 Å². The molecule has 5 nitrogen and oxygen atoms in total. The van der Waals surface area contributed by atoms with Crippen molar-refractivity contribution in [1.29, 1.82) is 0 Å². The van der Waals surface area contributed by atoms with E-state index in [0.29, 0.717) is 22.6 Å². The van der Waals surface area contributed by atoms with Crippen molar-refractivity contribution in [1.82, 2.24) is 0 Å². The lowest BCUT2D eigenvalue weighted by Crippen LogP contribution is -2.11. The van der Waals surface area contributed by atoms with Gasteiger partial charge >= 0.3 is 5.97 Å². The van der Waals surface area contributed by atoms with Crippen LogP contribution in [-0.2, 0) is 11.2 Å². The molecule has 0 unspecified atom stereocenters. The highest BCUT2D eigenvalue weighted by Crippen LogP contribution is 2.38. The number of allylic oxidation sites excluding steroid dienone is 1. The first kappa shape index (κ1) is 19.9. The van der Waals surface area contributed by atoms with Crippen LogP contribution in [0.4, 0.5) is 0 Å². The van der Waals surface area contributed by atoms with E-state index in [1.54, 1.807) is 55.7 Å². The first-order valence-corrected chi connectivity index (χ1v) is 10.3. The van der Waals surface area contributed by atoms with E-state index in [2.05, 4.69) is 0 Å². The van der Waals surface area contributed by atoms with Crippen LogP contribution in [0.5, 0.6) is 17.2 Å². The Morgan fingerprint density at radius 2 is 1.83 bits per heavy atom. The Hall–Kier alpha value is -3.38. The summed E-state index contributed by atoms with van der Waals surface area (Å²) in [6, 6.07) is 12.5. The molecular formula is C24H20O5S. The van der Waals surface area contributed by atoms with Crippen molar-refractivity contribution >= 4 is 29.2 Å². The molecule has 0 spiro atoms. The topological polar surface area (TPSA) is 61.8 Å². The quantitative estimate of drug-likeness (QED) is 0.325. The number of hydrogen-bond donors (Lipinski definition) is 0. The molecule has 0 bridgehead atoms. The normalized spacial score (nSPS) is 13.8. The summed E-state index contributed by atoms with van der Waals surface area (Å²) in [5.74, 6) is 1.21. The van der Waals surface area contributed by atoms with Gasteiger partial charge in [-0.25, -0.2) is 0 Å². The molecule has 1 aromatic heterocycles. The largest absolute Gasteiger partial charge is 0.497 e. The Morgan fingerprint density at radius 3 is 2.50 bits per heavy atom. The Labute approximate surface area is 178 Å². The number of rotatable bonds is 5. The molecule has 0 radical (unpaired) electrons. The van der Waals surface area contributed by atoms with Crippen LogP contribution < -0.4 is 14.2 Å². The predicted molar refractivity (Wildman–Crippen MR) is 116 cm³/mol. The molecule has 6 heteroatoms. The monoisotopic (exact) mass is 420 g/mol. The van der Waals surface area contributed by atoms with Gasteiger partial charge in [0.2, 0.25) is 5.78 Å². The van der Waals surface area contributed by atoms with E-state index in [0.717, 1.165) is 21.8 Å². The second kappa shape index (κ2) is 8.16. The number of carbonyl (C=O) groups is 2. The van der Waals surface area contributed by atoms with Gasteiger partial charge in [-0.2, -0.15) is 0 Å². The third-order valence-electron chi connectivity index (χ3n) is 4.85. The smallest absolute Gasteiger partial charge is 0.315 e. The molecule has 0 N–H and O–H groups in total. The number of carbonyl (C=O) groups excluding carboxylic acids is 2. The fourth-order valence-corrected chi connectivity index (χ4v) is 4.11. The number of benzene rings is 2. The van der Waals surface area contributed by atoms with Crippen molar-refractivity contribution in [3.63, 3.8) is 0 Å². The number of ketones is 1. The van der Waals surface area contributed by atoms with E-state index in [9.17, 15) is 9.59 Å². The summed E-state index contributed by atoms with van der Waals surface area (Å²) in [5.41, 5.74) is 3.12. The fourth-order valence-electron chi connectivity index (χ4n) is 3.27. The van der Waals surface area contributed by atoms with Crippen molar-refractivity contribution in [2.45, 2.75) is 20.3 Å². The van der Waals surface area contributed by atoms with Gasteiger partial charge in [0, 0.05) is 17.0 Å². The van der Waals surface area contributed by atoms with E-state index in [1.807, 2.05) is 30.5 Å². The summed E-state index contributed by atoms with van der Waals surface area (Å²) in [4.78, 5) is 26.1. The number of methoxy groups -OCH3 is 1. The number of ether oxygens (including phenoxy) is 3. The van der Waals surface area contributed by atoms with Crippen molar-refractivity contribution in [3.8, 4) is 17.2 Å². The number of hydrogen-bond acceptors (Lipinski definition) is 6. The van der Waals surface area contributed by atoms with Crippen LogP contribution >= 0.6 is 11.3 Å². The Morgan fingerprint density at radius 1 is 1.07 bits per heavy atom. The van der Waals surface area contributed by atoms with Crippen molar-refractivity contribution in [2.24, 2.45) is 0 Å². The van der Waals surface area contributed by atoms with E-state index in [4.69, 9.17) is 14.2 Å². The Bertz CT molecular complexity index is 1150. The van der Waals surface area contributed by atoms with Gasteiger partial charge in [-0.1, -0.05) is 12.1 Å². The summed E-state index contributed by atoms with van der Waals surface area (Å²) in [6.07, 6.45) is 1.89. The first-order chi connectivity index (χ1) is 14.4. The molecule has 0 saturated carbocycles. The highest BCUT2D eigenvalue weighted by molar-refractivity contribution is 7.11. The van der Waals surface area contributed by atoms with Gasteiger partial charge in [0.15, 0.2) is 5.76 Å². The molecule has 2 heterocycles. The molecule has 0 amide bonds. The number of thiophene rings is 1. The van der Waals surface area contributed by atoms with Crippen molar-refractivity contribution in [2.75, 3.05) is 7.11 Å². The number of esters is 1. The molecule has 30 heavy (non-hydrogen) atoms. The van der Waals surface area contributed by atoms with Gasteiger partial charge < -0.3 is 14.2 Å². The zero-order valence-corrected chi connectivity index (χ0v) is 17.7. The minimum absolute atomic E-state index is 0.128. The molecule has 3 aromatic rings. The summed E-state index contributed by atoms with van der Waals surface area (Å²) in [6.45, 7) is 3.79. The van der Waals surface area contributed by atoms with Crippen LogP contribution in [0, 0.1) is 13.8 Å². The highest BCUT2D eigenvalue weighted by atomic mass is 32.1. The van der Waals surface area contributed by atoms with Gasteiger partial charge in [-0.05, 0) is 60.2 Å². The second-order valence-electron chi connectivity index (χ2n) is 7.02. The number of fused-ring (bicyclic) bond motifs is 1. The predicted octanol–water partition coefficient (Wildman–Crippen LogP) is 5.14. The standard InChI is InChI=1S/C24H20O5S/c1-14-8-9-30-21(14)13-20-24(26)23-15(2)10-18(12-19(23)29-20)28-22(25)11-16-4-6-17(27-3)7-5-16/h4-10,12-13H,11H2,1-3H3/b20-13-. The lowest BCUT2D eigenvalue weighted by Gasteiger charge is -2.08. The average Bonchev–Trinajstić information content (AvgIpc) is 3.25. The lowest BCUT2D eigenvalue weighted by atomic mass is 10.0. The zero-order valence-electron chi connectivity index (χ0n) is 16.9. The van der Waals surface area contributed by atoms with Gasteiger partial charge in [0.05, 0.1) is 19.1 Å². The van der Waals surface area contributed by atoms with Crippen LogP contribution in [0.3, 0.4) is 0 Å². The van der Waals surface area contributed by atoms with Gasteiger partial charge in [-0.15, -0.1) is 11.3 Å². The van der Waals surface area contributed by atoms with Gasteiger partial charge in [-0.3, -0.25) is 9.59 Å². The Balaban J connectivity index is 1.51. The number of aryl methyl sites for hydroxylation is 2. The van der Waals surface area contributed by atoms with Crippen LogP contribution in [0.1, 0.15) is 31.9 Å². The average molecular weight is 420 g/mol. The molecule has 4 rings (SSSR count). The lowest BCUT2D eigenvalue weighted by molar-refractivity contribution is -0.133. The van der Waals surface area contributed by atoms with Crippen molar-refractivity contribution in [3.05, 3.63) is 80.7 Å². The van der Waals surface area contributed by atoms with Crippen LogP contribution in [-0.4, -0.2) is 18.9 Å². The van der Waals surface area contributed by atoms with Crippen LogP contribution in [0.15, 0.2) is 53.6 Å². The summed E-state index contributed by atoms with van der Waals surface area (Å²) >= 11 is 1.55. The summed E-state index contributed by atoms with van der Waals surface area (Å²) in [7, 11) is 1.59. The first-order valence-electron chi connectivity index (χ1n) is 9.41. The zero-order chi connectivity index (χ0) is 21.3. The maximum Gasteiger partial charge on any atom is 0.315 e. The molecule has 1 aliphatic rings. The van der Waals surface area contributed by atoms with Crippen molar-refractivity contribution < 1.29 is 23.8 Å². The molecule has 0 aliphatic carbocycles. The third kappa shape index (κ3) is 4.00. The minimum Gasteiger partial charge on any atom is -0.497 e. The van der Waals surface area contributed by atoms with Gasteiger partial charge in [0.1, 0.15) is 17.2 Å². The second-order valence-corrected chi connectivity index (χ2v) is 7.97. The van der Waals surface area contributed by atoms with Crippen LogP contribution in [0.25, 0.3) is 6.08 Å². The number of Topliss-reactive ketones (excluding diaryl/α,β-unsaturated/α-hetero) is 1. The molecule has 0 fully saturated rings. The summed E-state index contributed by atoms with van der Waals surface area (Å²) in [5, 5.41) is 1.97. The third-order valence-corrected chi connectivity index (χ3v) is 5.81. The minimum atomic E-state index is -0.395. The molecule has 0 saturated heterocycles. The molecule has 152 valence electrons. The summed E-state index contributed by atoms with van der Waals surface area (Å²) < 4.78 is 16.4. The van der Waals surface area contributed by atoms with Crippen LogP contribution in [0.2, 0.25) is 0 Å². The fraction of sp³-hybridized carbons (Fsp3) is 0.167. The SMILES string of the molecule is COc1ccc(CC(=O)Oc2cc(C)c3c(c2)O/C(=C\c2sccc2C)C3=O)cc1. The maximum atomic E-state index is 12.8. The Kier molecular flexibility index (Phi) is 5.42. The highest BCUT2D eigenvalue weighted by Gasteiger charge is 2.30. The molecule has 2 aromatic carbocycles. The molecule has 0 atom stereocenters. The molecule has 1 aliphatic heterocycles.